The molecular formula is C21H25N5O3. The maximum absolute atomic E-state index is 5.52. The number of hydrogen-bond acceptors (Lipinski definition) is 8. The molecule has 3 aromatic rings. The molecule has 4 rings (SSSR count). The van der Waals surface area contributed by atoms with E-state index in [0.29, 0.717) is 17.4 Å². The second-order valence-corrected chi connectivity index (χ2v) is 6.98. The number of aryl methyl sites for hydroxylation is 1. The van der Waals surface area contributed by atoms with Gasteiger partial charge in [0.1, 0.15) is 17.3 Å². The highest BCUT2D eigenvalue weighted by Gasteiger charge is 2.23. The number of benzene rings is 1. The number of methoxy groups -OCH3 is 2. The van der Waals surface area contributed by atoms with Gasteiger partial charge in [0.2, 0.25) is 5.95 Å². The average molecular weight is 395 g/mol. The number of piperidine rings is 1. The maximum atomic E-state index is 5.52. The third-order valence-corrected chi connectivity index (χ3v) is 5.02. The lowest BCUT2D eigenvalue weighted by Gasteiger charge is -2.26. The smallest absolute Gasteiger partial charge is 0.227 e. The Morgan fingerprint density at radius 2 is 1.76 bits per heavy atom. The van der Waals surface area contributed by atoms with E-state index in [0.717, 1.165) is 41.6 Å². The largest absolute Gasteiger partial charge is 0.497 e. The third-order valence-electron chi connectivity index (χ3n) is 5.02. The number of hydrogen-bond donors (Lipinski definition) is 1. The van der Waals surface area contributed by atoms with E-state index in [2.05, 4.69) is 20.4 Å². The van der Waals surface area contributed by atoms with E-state index >= 15 is 0 Å². The van der Waals surface area contributed by atoms with Crippen molar-refractivity contribution in [3.63, 3.8) is 0 Å². The zero-order valence-electron chi connectivity index (χ0n) is 16.9. The Morgan fingerprint density at radius 1 is 1.03 bits per heavy atom. The molecular weight excluding hydrogens is 370 g/mol. The van der Waals surface area contributed by atoms with Crippen molar-refractivity contribution in [1.82, 2.24) is 15.1 Å². The lowest BCUT2D eigenvalue weighted by atomic mass is 10.1. The molecule has 1 aliphatic rings. The topological polar surface area (TPSA) is 85.5 Å². The van der Waals surface area contributed by atoms with E-state index in [1.165, 1.54) is 19.3 Å². The van der Waals surface area contributed by atoms with Gasteiger partial charge in [-0.05, 0) is 32.3 Å². The molecule has 0 radical (unpaired) electrons. The van der Waals surface area contributed by atoms with Crippen LogP contribution in [-0.2, 0) is 0 Å². The average Bonchev–Trinajstić information content (AvgIpc) is 3.15. The van der Waals surface area contributed by atoms with Gasteiger partial charge in [-0.2, -0.15) is 0 Å². The van der Waals surface area contributed by atoms with Crippen LogP contribution >= 0.6 is 0 Å². The lowest BCUT2D eigenvalue weighted by Crippen LogP contribution is -2.30. The summed E-state index contributed by atoms with van der Waals surface area (Å²) in [7, 11) is 3.24. The Balaban J connectivity index is 1.64. The number of rotatable bonds is 6. The predicted molar refractivity (Wildman–Crippen MR) is 111 cm³/mol. The molecule has 8 nitrogen and oxygen atoms in total. The SMILES string of the molecule is COc1cc(Nc2nccc(-c3c(N4CCCCC4)noc3C)n2)cc(OC)c1. The van der Waals surface area contributed by atoms with Crippen molar-refractivity contribution in [3.05, 3.63) is 36.2 Å². The molecule has 0 amide bonds. The van der Waals surface area contributed by atoms with Crippen molar-refractivity contribution in [1.29, 1.82) is 0 Å². The van der Waals surface area contributed by atoms with Gasteiger partial charge in [0.25, 0.3) is 0 Å². The molecule has 0 atom stereocenters. The summed E-state index contributed by atoms with van der Waals surface area (Å²) in [5.41, 5.74) is 2.47. The van der Waals surface area contributed by atoms with E-state index in [4.69, 9.17) is 19.0 Å². The summed E-state index contributed by atoms with van der Waals surface area (Å²) in [4.78, 5) is 11.3. The van der Waals surface area contributed by atoms with Gasteiger partial charge in [0, 0.05) is 43.2 Å². The van der Waals surface area contributed by atoms with E-state index in [1.807, 2.05) is 31.2 Å². The second-order valence-electron chi connectivity index (χ2n) is 6.98. The molecule has 0 saturated carbocycles. The van der Waals surface area contributed by atoms with E-state index in [1.54, 1.807) is 20.4 Å². The highest BCUT2D eigenvalue weighted by Crippen LogP contribution is 2.34. The zero-order valence-corrected chi connectivity index (χ0v) is 16.9. The van der Waals surface area contributed by atoms with Gasteiger partial charge < -0.3 is 24.2 Å². The number of anilines is 3. The first-order valence-electron chi connectivity index (χ1n) is 9.72. The van der Waals surface area contributed by atoms with Crippen molar-refractivity contribution in [2.24, 2.45) is 0 Å². The molecule has 0 spiro atoms. The van der Waals surface area contributed by atoms with Crippen molar-refractivity contribution >= 4 is 17.5 Å². The first kappa shape index (κ1) is 19.0. The predicted octanol–water partition coefficient (Wildman–Crippen LogP) is 4.19. The van der Waals surface area contributed by atoms with Crippen LogP contribution in [0.25, 0.3) is 11.3 Å². The molecule has 0 bridgehead atoms. The Kier molecular flexibility index (Phi) is 5.50. The first-order valence-corrected chi connectivity index (χ1v) is 9.72. The second kappa shape index (κ2) is 8.38. The number of nitrogens with one attached hydrogen (secondary N) is 1. The molecule has 3 heterocycles. The fourth-order valence-corrected chi connectivity index (χ4v) is 3.54. The summed E-state index contributed by atoms with van der Waals surface area (Å²) in [6.45, 7) is 3.88. The monoisotopic (exact) mass is 395 g/mol. The van der Waals surface area contributed by atoms with E-state index in [9.17, 15) is 0 Å². The van der Waals surface area contributed by atoms with Crippen LogP contribution in [0.5, 0.6) is 11.5 Å². The maximum Gasteiger partial charge on any atom is 0.227 e. The van der Waals surface area contributed by atoms with E-state index in [-0.39, 0.29) is 0 Å². The van der Waals surface area contributed by atoms with Gasteiger partial charge in [0.05, 0.1) is 25.5 Å². The molecule has 1 fully saturated rings. The summed E-state index contributed by atoms with van der Waals surface area (Å²) < 4.78 is 16.2. The third kappa shape index (κ3) is 4.11. The van der Waals surface area contributed by atoms with Crippen molar-refractivity contribution in [2.45, 2.75) is 26.2 Å². The summed E-state index contributed by atoms with van der Waals surface area (Å²) in [5, 5.41) is 7.54. The van der Waals surface area contributed by atoms with Crippen LogP contribution in [0.3, 0.4) is 0 Å². The standard InChI is InChI=1S/C21H25N5O3/c1-14-19(20(25-29-14)26-9-5-4-6-10-26)18-7-8-22-21(24-18)23-15-11-16(27-2)13-17(12-15)28-3/h7-8,11-13H,4-6,9-10H2,1-3H3,(H,22,23,24). The van der Waals surface area contributed by atoms with Crippen LogP contribution in [0.15, 0.2) is 35.0 Å². The lowest BCUT2D eigenvalue weighted by molar-refractivity contribution is 0.394. The minimum Gasteiger partial charge on any atom is -0.497 e. The van der Waals surface area contributed by atoms with Crippen molar-refractivity contribution in [2.75, 3.05) is 37.5 Å². The molecule has 152 valence electrons. The van der Waals surface area contributed by atoms with Crippen molar-refractivity contribution < 1.29 is 14.0 Å². The molecule has 1 aliphatic heterocycles. The van der Waals surface area contributed by atoms with Crippen molar-refractivity contribution in [3.8, 4) is 22.8 Å². The molecule has 2 aromatic heterocycles. The summed E-state index contributed by atoms with van der Waals surface area (Å²) in [5.74, 6) is 3.45. The van der Waals surface area contributed by atoms with Gasteiger partial charge in [-0.25, -0.2) is 9.97 Å². The fraction of sp³-hybridized carbons (Fsp3) is 0.381. The van der Waals surface area contributed by atoms with Crippen LogP contribution in [-0.4, -0.2) is 42.4 Å². The highest BCUT2D eigenvalue weighted by molar-refractivity contribution is 5.75. The summed E-state index contributed by atoms with van der Waals surface area (Å²) in [6.07, 6.45) is 5.32. The Labute approximate surface area is 169 Å². The van der Waals surface area contributed by atoms with Gasteiger partial charge >= 0.3 is 0 Å². The van der Waals surface area contributed by atoms with Gasteiger partial charge in [-0.15, -0.1) is 0 Å². The van der Waals surface area contributed by atoms with Crippen LogP contribution in [0.2, 0.25) is 0 Å². The minimum absolute atomic E-state index is 0.475. The molecule has 29 heavy (non-hydrogen) atoms. The molecule has 1 aromatic carbocycles. The summed E-state index contributed by atoms with van der Waals surface area (Å²) in [6, 6.07) is 7.42. The highest BCUT2D eigenvalue weighted by atomic mass is 16.5. The number of aromatic nitrogens is 3. The number of nitrogens with zero attached hydrogens (tertiary/aromatic N) is 4. The Morgan fingerprint density at radius 3 is 2.45 bits per heavy atom. The van der Waals surface area contributed by atoms with E-state index < -0.39 is 0 Å². The fourth-order valence-electron chi connectivity index (χ4n) is 3.54. The zero-order chi connectivity index (χ0) is 20.2. The van der Waals surface area contributed by atoms with Crippen LogP contribution in [0.1, 0.15) is 25.0 Å². The molecule has 0 aliphatic carbocycles. The molecule has 1 saturated heterocycles. The Hall–Kier alpha value is -3.29. The summed E-state index contributed by atoms with van der Waals surface area (Å²) >= 11 is 0. The van der Waals surface area contributed by atoms with Crippen LogP contribution in [0.4, 0.5) is 17.5 Å². The van der Waals surface area contributed by atoms with Gasteiger partial charge in [-0.3, -0.25) is 0 Å². The first-order chi connectivity index (χ1) is 14.2. The van der Waals surface area contributed by atoms with Gasteiger partial charge in [0.15, 0.2) is 5.82 Å². The molecule has 1 N–H and O–H groups in total. The minimum atomic E-state index is 0.475. The Bertz CT molecular complexity index is 960. The van der Waals surface area contributed by atoms with Crippen LogP contribution in [0, 0.1) is 6.92 Å². The van der Waals surface area contributed by atoms with Crippen LogP contribution < -0.4 is 19.7 Å². The molecule has 8 heteroatoms. The number of ether oxygens (including phenoxy) is 2. The molecule has 0 unspecified atom stereocenters. The quantitative estimate of drug-likeness (QED) is 0.665. The van der Waals surface area contributed by atoms with Gasteiger partial charge in [-0.1, -0.05) is 5.16 Å². The normalized spacial score (nSPS) is 14.0.